The smallest absolute Gasteiger partial charge is 0.261 e. The van der Waals surface area contributed by atoms with Crippen molar-refractivity contribution in [3.05, 3.63) is 65.7 Å². The second-order valence-corrected chi connectivity index (χ2v) is 14.9. The van der Waals surface area contributed by atoms with Crippen molar-refractivity contribution in [3.63, 3.8) is 0 Å². The van der Waals surface area contributed by atoms with Gasteiger partial charge in [-0.2, -0.15) is 0 Å². The molecule has 38 heavy (non-hydrogen) atoms. The van der Waals surface area contributed by atoms with E-state index >= 15 is 0 Å². The van der Waals surface area contributed by atoms with Gasteiger partial charge in [-0.05, 0) is 66.4 Å². The van der Waals surface area contributed by atoms with Gasteiger partial charge in [-0.3, -0.25) is 9.79 Å². The van der Waals surface area contributed by atoms with Crippen molar-refractivity contribution in [2.75, 3.05) is 18.3 Å². The Morgan fingerprint density at radius 1 is 1.08 bits per heavy atom. The molecule has 0 N–H and O–H groups in total. The third kappa shape index (κ3) is 4.79. The van der Waals surface area contributed by atoms with Crippen molar-refractivity contribution in [3.8, 4) is 5.75 Å². The number of thioether (sulfide) groups is 2. The molecule has 2 aromatic carbocycles. The SMILES string of the molecule is CSC(=[15N][13C@@H](Cc1ccc(OCc2ccccc2)cc1)[13C](=O)N1[C@@H]2C[C@H]3CC[C@]2(CS1(=O)=O)C3(C)C)SC. The summed E-state index contributed by atoms with van der Waals surface area (Å²) in [5, 5.41) is 0. The minimum absolute atomic E-state index is 0.0711. The Morgan fingerprint density at radius 2 is 1.76 bits per heavy atom. The second kappa shape index (κ2) is 10.5. The van der Waals surface area contributed by atoms with Gasteiger partial charge < -0.3 is 4.74 Å². The van der Waals surface area contributed by atoms with Crippen LogP contribution in [0.4, 0.5) is 0 Å². The summed E-state index contributed by atoms with van der Waals surface area (Å²) in [6, 6.07) is 16.6. The van der Waals surface area contributed by atoms with Crippen LogP contribution < -0.4 is 4.74 Å². The number of ether oxygens (including phenoxy) is 1. The van der Waals surface area contributed by atoms with Gasteiger partial charge in [0.2, 0.25) is 10.0 Å². The highest BCUT2D eigenvalue weighted by Gasteiger charge is 2.72. The molecular formula is C29H36N2O4S3. The molecule has 2 bridgehead atoms. The number of sulfonamides is 1. The molecule has 2 aromatic rings. The van der Waals surface area contributed by atoms with Gasteiger partial charge in [0, 0.05) is 11.8 Å². The highest BCUT2D eigenvalue weighted by molar-refractivity contribution is 8.38. The van der Waals surface area contributed by atoms with E-state index in [4.69, 9.17) is 9.73 Å². The van der Waals surface area contributed by atoms with Crippen LogP contribution in [0.1, 0.15) is 44.2 Å². The predicted molar refractivity (Wildman–Crippen MR) is 157 cm³/mol. The van der Waals surface area contributed by atoms with Crippen LogP contribution in [0.2, 0.25) is 0 Å². The van der Waals surface area contributed by atoms with Gasteiger partial charge in [-0.25, -0.2) is 12.7 Å². The Bertz CT molecular complexity index is 1310. The minimum atomic E-state index is -3.71. The molecule has 2 aliphatic carbocycles. The molecule has 0 radical (unpaired) electrons. The van der Waals surface area contributed by atoms with Crippen LogP contribution in [0.3, 0.4) is 0 Å². The molecule has 204 valence electrons. The summed E-state index contributed by atoms with van der Waals surface area (Å²) in [5.41, 5.74) is 1.57. The van der Waals surface area contributed by atoms with Crippen LogP contribution in [0.15, 0.2) is 59.6 Å². The number of nitrogens with zero attached hydrogens (tertiary/aromatic N) is 2. The normalized spacial score (nSPS) is 27.1. The van der Waals surface area contributed by atoms with Gasteiger partial charge in [0.05, 0.1) is 11.8 Å². The van der Waals surface area contributed by atoms with Crippen molar-refractivity contribution in [1.82, 2.24) is 4.31 Å². The van der Waals surface area contributed by atoms with Crippen LogP contribution in [0, 0.1) is 16.7 Å². The Labute approximate surface area is 235 Å². The number of hydrogen-bond donors (Lipinski definition) is 0. The van der Waals surface area contributed by atoms with E-state index in [2.05, 4.69) is 13.8 Å². The van der Waals surface area contributed by atoms with E-state index in [0.717, 1.165) is 40.5 Å². The number of rotatable bonds is 7. The number of hydrogen-bond acceptors (Lipinski definition) is 7. The summed E-state index contributed by atoms with van der Waals surface area (Å²) in [4.78, 5) is 18.9. The van der Waals surface area contributed by atoms with Crippen LogP contribution in [0.25, 0.3) is 0 Å². The van der Waals surface area contributed by atoms with Gasteiger partial charge in [-0.1, -0.05) is 56.3 Å². The first-order chi connectivity index (χ1) is 18.1. The zero-order valence-corrected chi connectivity index (χ0v) is 24.9. The molecule has 3 fully saturated rings. The topological polar surface area (TPSA) is 76.0 Å². The molecular weight excluding hydrogens is 540 g/mol. The fraction of sp³-hybridized carbons (Fsp3) is 0.517. The van der Waals surface area contributed by atoms with Crippen LogP contribution in [-0.4, -0.2) is 53.4 Å². The molecule has 1 heterocycles. The zero-order chi connectivity index (χ0) is 27.1. The Kier molecular flexibility index (Phi) is 7.66. The largest absolute Gasteiger partial charge is 0.489 e. The molecule has 1 saturated heterocycles. The first-order valence-electron chi connectivity index (χ1n) is 13.1. The van der Waals surface area contributed by atoms with E-state index in [9.17, 15) is 13.2 Å². The first-order valence-corrected chi connectivity index (χ1v) is 17.1. The average molecular weight is 576 g/mol. The molecule has 4 atom stereocenters. The summed E-state index contributed by atoms with van der Waals surface area (Å²) >= 11 is 2.96. The first kappa shape index (κ1) is 27.6. The maximum Gasteiger partial charge on any atom is 0.261 e. The molecule has 9 heteroatoms. The van der Waals surface area contributed by atoms with Crippen molar-refractivity contribution >= 4 is 43.8 Å². The number of benzene rings is 2. The van der Waals surface area contributed by atoms with Crippen LogP contribution in [-0.2, 0) is 27.8 Å². The van der Waals surface area contributed by atoms with E-state index in [-0.39, 0.29) is 28.5 Å². The summed E-state index contributed by atoms with van der Waals surface area (Å²) in [6.45, 7) is 4.87. The Morgan fingerprint density at radius 3 is 2.39 bits per heavy atom. The minimum Gasteiger partial charge on any atom is -0.489 e. The van der Waals surface area contributed by atoms with E-state index in [1.807, 2.05) is 67.1 Å². The molecule has 6 nitrogen and oxygen atoms in total. The molecule has 1 spiro atoms. The molecule has 5 rings (SSSR count). The van der Waals surface area contributed by atoms with E-state index in [1.54, 1.807) is 0 Å². The molecule has 3 aliphatic rings. The van der Waals surface area contributed by atoms with Crippen LogP contribution in [0.5, 0.6) is 5.75 Å². The van der Waals surface area contributed by atoms with Crippen molar-refractivity contribution in [1.29, 1.82) is 0 Å². The monoisotopic (exact) mass is 575 g/mol. The summed E-state index contributed by atoms with van der Waals surface area (Å²) < 4.78 is 35.0. The van der Waals surface area contributed by atoms with Gasteiger partial charge in [0.1, 0.15) is 22.8 Å². The number of aliphatic imine (C=N–C) groups is 1. The standard InChI is InChI=1S/C29H36N2O4S3/c1-28(2)22-14-15-29(28)19-38(33,34)31(25(29)17-22)26(32)24(30-27(36-3)37-4)16-20-10-12-23(13-11-20)35-18-21-8-6-5-7-9-21/h5-13,22,24-25H,14-19H2,1-4H3/t22-,24+,25-,29-/m1/s1/i24+1,26+1,30+1. The molecule has 0 aromatic heterocycles. The Hall–Kier alpha value is -1.97. The number of carbonyl (C=O) groups is 1. The molecule has 0 unspecified atom stereocenters. The summed E-state index contributed by atoms with van der Waals surface area (Å²) in [6.07, 6.45) is 6.87. The third-order valence-corrected chi connectivity index (χ3v) is 12.9. The van der Waals surface area contributed by atoms with E-state index in [0.29, 0.717) is 18.9 Å². The van der Waals surface area contributed by atoms with Crippen molar-refractivity contribution in [2.24, 2.45) is 21.7 Å². The number of amides is 1. The lowest BCUT2D eigenvalue weighted by atomic mass is 9.69. The van der Waals surface area contributed by atoms with Gasteiger partial charge in [0.15, 0.2) is 0 Å². The van der Waals surface area contributed by atoms with Gasteiger partial charge in [-0.15, -0.1) is 23.5 Å². The van der Waals surface area contributed by atoms with Crippen molar-refractivity contribution < 1.29 is 17.9 Å². The fourth-order valence-corrected chi connectivity index (χ4v) is 10.6. The predicted octanol–water partition coefficient (Wildman–Crippen LogP) is 5.63. The van der Waals surface area contributed by atoms with Crippen molar-refractivity contribution in [2.45, 2.75) is 58.2 Å². The lowest BCUT2D eigenvalue weighted by Gasteiger charge is -2.37. The number of carbonyl (C=O) groups excluding carboxylic acids is 1. The van der Waals surface area contributed by atoms with E-state index < -0.39 is 16.1 Å². The second-order valence-electron chi connectivity index (χ2n) is 11.2. The van der Waals surface area contributed by atoms with Gasteiger partial charge in [0.25, 0.3) is 5.91 Å². The average Bonchev–Trinajstić information content (AvgIpc) is 3.39. The summed E-state index contributed by atoms with van der Waals surface area (Å²) in [5.74, 6) is 0.880. The lowest BCUT2D eigenvalue weighted by molar-refractivity contribution is -0.130. The summed E-state index contributed by atoms with van der Waals surface area (Å²) in [7, 11) is -3.71. The quantitative estimate of drug-likeness (QED) is 0.185. The third-order valence-electron chi connectivity index (χ3n) is 9.12. The molecule has 1 aliphatic heterocycles. The molecule has 1 amide bonds. The van der Waals surface area contributed by atoms with Gasteiger partial charge >= 0.3 is 0 Å². The maximum atomic E-state index is 14.1. The van der Waals surface area contributed by atoms with E-state index in [1.165, 1.54) is 27.8 Å². The molecule has 2 saturated carbocycles. The Balaban J connectivity index is 1.38. The highest BCUT2D eigenvalue weighted by Crippen LogP contribution is 2.70. The number of fused-ring (bicyclic) bond motifs is 1. The maximum absolute atomic E-state index is 14.1. The zero-order valence-electron chi connectivity index (χ0n) is 22.4. The fourth-order valence-electron chi connectivity index (χ4n) is 6.92. The lowest BCUT2D eigenvalue weighted by Crippen LogP contribution is -2.48. The highest BCUT2D eigenvalue weighted by atomic mass is 32.2. The van der Waals surface area contributed by atoms with Crippen LogP contribution >= 0.6 is 23.5 Å².